The maximum atomic E-state index is 10.9. The average Bonchev–Trinajstić information content (AvgIpc) is 2.97. The van der Waals surface area contributed by atoms with Crippen LogP contribution in [-0.2, 0) is 11.2 Å². The van der Waals surface area contributed by atoms with Crippen LogP contribution in [0.1, 0.15) is 24.6 Å². The van der Waals surface area contributed by atoms with Gasteiger partial charge in [-0.1, -0.05) is 5.16 Å². The second-order valence-electron chi connectivity index (χ2n) is 4.09. The number of nitrogens with one attached hydrogen (secondary N) is 1. The van der Waals surface area contributed by atoms with Crippen molar-refractivity contribution < 1.29 is 14.4 Å². The van der Waals surface area contributed by atoms with Crippen LogP contribution in [-0.4, -0.2) is 33.8 Å². The van der Waals surface area contributed by atoms with Crippen molar-refractivity contribution in [3.05, 3.63) is 11.7 Å². The molecule has 0 saturated heterocycles. The lowest BCUT2D eigenvalue weighted by atomic mass is 10.2. The molecule has 1 fully saturated rings. The molecule has 1 aromatic rings. The van der Waals surface area contributed by atoms with E-state index in [2.05, 4.69) is 15.5 Å². The molecule has 0 amide bonds. The quantitative estimate of drug-likeness (QED) is 0.727. The molecule has 2 N–H and O–H groups in total. The van der Waals surface area contributed by atoms with E-state index in [-0.39, 0.29) is 0 Å². The van der Waals surface area contributed by atoms with Gasteiger partial charge in [-0.2, -0.15) is 4.98 Å². The highest BCUT2D eigenvalue weighted by Gasteiger charge is 2.35. The summed E-state index contributed by atoms with van der Waals surface area (Å²) in [6.07, 6.45) is 2.60. The summed E-state index contributed by atoms with van der Waals surface area (Å²) in [4.78, 5) is 15.0. The molecule has 6 heteroatoms. The fraction of sp³-hybridized carbons (Fsp3) is 0.700. The zero-order chi connectivity index (χ0) is 11.5. The lowest BCUT2D eigenvalue weighted by Gasteiger charge is -2.12. The van der Waals surface area contributed by atoms with Gasteiger partial charge in [0.2, 0.25) is 5.89 Å². The highest BCUT2D eigenvalue weighted by Crippen LogP contribution is 2.32. The molecule has 1 saturated carbocycles. The third kappa shape index (κ3) is 2.79. The zero-order valence-corrected chi connectivity index (χ0v) is 9.14. The second kappa shape index (κ2) is 4.61. The van der Waals surface area contributed by atoms with Crippen molar-refractivity contribution in [3.8, 4) is 0 Å². The Hall–Kier alpha value is -1.43. The van der Waals surface area contributed by atoms with Crippen LogP contribution in [0.3, 0.4) is 0 Å². The summed E-state index contributed by atoms with van der Waals surface area (Å²) in [6, 6.07) is -0.423. The van der Waals surface area contributed by atoms with Crippen molar-refractivity contribution in [2.24, 2.45) is 5.92 Å². The Morgan fingerprint density at radius 3 is 2.94 bits per heavy atom. The first-order valence-electron chi connectivity index (χ1n) is 5.42. The summed E-state index contributed by atoms with van der Waals surface area (Å²) in [7, 11) is 0. The standard InChI is InChI=1S/C10H15N3O3/c1-6-12-8(13-16-6)4-5-11-9(10(14)15)7-2-3-7/h7,9,11H,2-5H2,1H3,(H,14,15). The molecule has 88 valence electrons. The van der Waals surface area contributed by atoms with Crippen LogP contribution >= 0.6 is 0 Å². The number of carbonyl (C=O) groups is 1. The predicted molar refractivity (Wildman–Crippen MR) is 54.9 cm³/mol. The molecule has 0 aliphatic heterocycles. The number of carboxylic acids is 1. The Bertz CT molecular complexity index is 373. The second-order valence-corrected chi connectivity index (χ2v) is 4.09. The van der Waals surface area contributed by atoms with Crippen LogP contribution in [0.4, 0.5) is 0 Å². The van der Waals surface area contributed by atoms with Crippen LogP contribution in [0.15, 0.2) is 4.52 Å². The number of carboxylic acid groups (broad SMARTS) is 1. The van der Waals surface area contributed by atoms with E-state index in [1.165, 1.54) is 0 Å². The van der Waals surface area contributed by atoms with Gasteiger partial charge in [0, 0.05) is 19.9 Å². The lowest BCUT2D eigenvalue weighted by molar-refractivity contribution is -0.140. The molecule has 1 aromatic heterocycles. The molecule has 1 unspecified atom stereocenters. The normalized spacial score (nSPS) is 17.3. The van der Waals surface area contributed by atoms with E-state index in [4.69, 9.17) is 9.63 Å². The third-order valence-corrected chi connectivity index (χ3v) is 2.64. The molecule has 0 radical (unpaired) electrons. The topological polar surface area (TPSA) is 88.2 Å². The largest absolute Gasteiger partial charge is 0.480 e. The van der Waals surface area contributed by atoms with E-state index in [0.29, 0.717) is 30.6 Å². The van der Waals surface area contributed by atoms with Gasteiger partial charge in [-0.3, -0.25) is 4.79 Å². The van der Waals surface area contributed by atoms with Crippen LogP contribution in [0.5, 0.6) is 0 Å². The van der Waals surface area contributed by atoms with E-state index in [1.807, 2.05) is 0 Å². The fourth-order valence-corrected chi connectivity index (χ4v) is 1.67. The van der Waals surface area contributed by atoms with Gasteiger partial charge in [0.25, 0.3) is 0 Å². The van der Waals surface area contributed by atoms with E-state index >= 15 is 0 Å². The van der Waals surface area contributed by atoms with Crippen molar-refractivity contribution in [1.82, 2.24) is 15.5 Å². The molecule has 6 nitrogen and oxygen atoms in total. The van der Waals surface area contributed by atoms with Gasteiger partial charge in [-0.15, -0.1) is 0 Å². The first kappa shape index (κ1) is 11.1. The van der Waals surface area contributed by atoms with Crippen molar-refractivity contribution in [1.29, 1.82) is 0 Å². The summed E-state index contributed by atoms with van der Waals surface area (Å²) >= 11 is 0. The molecule has 0 bridgehead atoms. The summed E-state index contributed by atoms with van der Waals surface area (Å²) in [6.45, 7) is 2.29. The van der Waals surface area contributed by atoms with Gasteiger partial charge >= 0.3 is 5.97 Å². The van der Waals surface area contributed by atoms with Crippen LogP contribution in [0, 0.1) is 12.8 Å². The Kier molecular flexibility index (Phi) is 3.19. The van der Waals surface area contributed by atoms with Crippen molar-refractivity contribution >= 4 is 5.97 Å². The summed E-state index contributed by atoms with van der Waals surface area (Å²) < 4.78 is 4.82. The third-order valence-electron chi connectivity index (χ3n) is 2.64. The van der Waals surface area contributed by atoms with E-state index in [0.717, 1.165) is 12.8 Å². The number of hydrogen-bond acceptors (Lipinski definition) is 5. The highest BCUT2D eigenvalue weighted by atomic mass is 16.5. The molecule has 2 rings (SSSR count). The molecule has 1 aliphatic rings. The van der Waals surface area contributed by atoms with E-state index in [9.17, 15) is 4.79 Å². The Labute approximate surface area is 93.0 Å². The minimum Gasteiger partial charge on any atom is -0.480 e. The number of aliphatic carboxylic acids is 1. The van der Waals surface area contributed by atoms with Crippen LogP contribution in [0.25, 0.3) is 0 Å². The van der Waals surface area contributed by atoms with Gasteiger partial charge in [0.05, 0.1) is 0 Å². The van der Waals surface area contributed by atoms with E-state index < -0.39 is 12.0 Å². The lowest BCUT2D eigenvalue weighted by Crippen LogP contribution is -2.39. The zero-order valence-electron chi connectivity index (χ0n) is 9.14. The molecule has 0 aromatic carbocycles. The number of aryl methyl sites for hydroxylation is 1. The van der Waals surface area contributed by atoms with Crippen molar-refractivity contribution in [3.63, 3.8) is 0 Å². The minimum atomic E-state index is -0.771. The first-order valence-corrected chi connectivity index (χ1v) is 5.42. The number of rotatable bonds is 6. The predicted octanol–water partition coefficient (Wildman–Crippen LogP) is 0.373. The number of hydrogen-bond donors (Lipinski definition) is 2. The van der Waals surface area contributed by atoms with Crippen LogP contribution < -0.4 is 5.32 Å². The number of aromatic nitrogens is 2. The summed E-state index contributed by atoms with van der Waals surface area (Å²) in [5.41, 5.74) is 0. The Balaban J connectivity index is 1.76. The number of nitrogens with zero attached hydrogens (tertiary/aromatic N) is 2. The molecule has 0 spiro atoms. The maximum Gasteiger partial charge on any atom is 0.320 e. The minimum absolute atomic E-state index is 0.296. The molecular weight excluding hydrogens is 210 g/mol. The monoisotopic (exact) mass is 225 g/mol. The average molecular weight is 225 g/mol. The highest BCUT2D eigenvalue weighted by molar-refractivity contribution is 5.74. The molecule has 1 aliphatic carbocycles. The van der Waals surface area contributed by atoms with Gasteiger partial charge in [-0.05, 0) is 18.8 Å². The molecule has 16 heavy (non-hydrogen) atoms. The molecule has 1 atom stereocenters. The smallest absolute Gasteiger partial charge is 0.320 e. The Morgan fingerprint density at radius 2 is 2.44 bits per heavy atom. The van der Waals surface area contributed by atoms with Gasteiger partial charge < -0.3 is 14.9 Å². The van der Waals surface area contributed by atoms with Gasteiger partial charge in [0.1, 0.15) is 6.04 Å². The van der Waals surface area contributed by atoms with E-state index in [1.54, 1.807) is 6.92 Å². The maximum absolute atomic E-state index is 10.9. The van der Waals surface area contributed by atoms with Crippen molar-refractivity contribution in [2.75, 3.05) is 6.54 Å². The summed E-state index contributed by atoms with van der Waals surface area (Å²) in [5, 5.41) is 15.7. The van der Waals surface area contributed by atoms with Gasteiger partial charge in [-0.25, -0.2) is 0 Å². The molecule has 1 heterocycles. The SMILES string of the molecule is Cc1nc(CCNC(C(=O)O)C2CC2)no1. The van der Waals surface area contributed by atoms with Gasteiger partial charge in [0.15, 0.2) is 5.82 Å². The fourth-order valence-electron chi connectivity index (χ4n) is 1.67. The van der Waals surface area contributed by atoms with Crippen molar-refractivity contribution in [2.45, 2.75) is 32.2 Å². The van der Waals surface area contributed by atoms with Crippen LogP contribution in [0.2, 0.25) is 0 Å². The first-order chi connectivity index (χ1) is 7.66. The summed E-state index contributed by atoms with van der Waals surface area (Å²) in [5.74, 6) is 0.674. The molecular formula is C10H15N3O3. The Morgan fingerprint density at radius 1 is 1.69 bits per heavy atom.